The Bertz CT molecular complexity index is 1170. The molecular formula is C24H20BrClN2O3. The van der Waals surface area contributed by atoms with Crippen LogP contribution in [0.25, 0.3) is 0 Å². The van der Waals surface area contributed by atoms with Crippen LogP contribution in [0, 0.1) is 0 Å². The van der Waals surface area contributed by atoms with Crippen LogP contribution in [0.15, 0.2) is 70.2 Å². The van der Waals surface area contributed by atoms with E-state index in [2.05, 4.69) is 22.0 Å². The second-order valence-electron chi connectivity index (χ2n) is 7.42. The minimum absolute atomic E-state index is 0.0602. The molecule has 31 heavy (non-hydrogen) atoms. The fourth-order valence-corrected chi connectivity index (χ4v) is 4.60. The Labute approximate surface area is 194 Å². The van der Waals surface area contributed by atoms with E-state index in [0.717, 1.165) is 39.0 Å². The van der Waals surface area contributed by atoms with Crippen molar-refractivity contribution in [2.45, 2.75) is 18.7 Å². The molecule has 5 nitrogen and oxygen atoms in total. The lowest BCUT2D eigenvalue weighted by atomic mass is 9.96. The topological polar surface area (TPSA) is 43.3 Å². The summed E-state index contributed by atoms with van der Waals surface area (Å²) in [5.41, 5.74) is 4.08. The summed E-state index contributed by atoms with van der Waals surface area (Å²) in [7, 11) is 3.27. The molecule has 2 aliphatic heterocycles. The summed E-state index contributed by atoms with van der Waals surface area (Å²) in [6.07, 6.45) is 0.417. The van der Waals surface area contributed by atoms with Gasteiger partial charge < -0.3 is 14.2 Å². The lowest BCUT2D eigenvalue weighted by Gasteiger charge is -2.38. The van der Waals surface area contributed by atoms with Gasteiger partial charge in [-0.05, 0) is 48.5 Å². The van der Waals surface area contributed by atoms with E-state index in [-0.39, 0.29) is 12.3 Å². The first-order valence-electron chi connectivity index (χ1n) is 9.87. The van der Waals surface area contributed by atoms with E-state index >= 15 is 0 Å². The van der Waals surface area contributed by atoms with E-state index in [1.807, 2.05) is 59.6 Å². The number of methoxy groups -OCH3 is 2. The summed E-state index contributed by atoms with van der Waals surface area (Å²) < 4.78 is 18.3. The average molecular weight is 500 g/mol. The van der Waals surface area contributed by atoms with Gasteiger partial charge in [-0.1, -0.05) is 39.7 Å². The summed E-state index contributed by atoms with van der Waals surface area (Å²) in [6, 6.07) is 19.8. The zero-order valence-corrected chi connectivity index (χ0v) is 19.4. The lowest BCUT2D eigenvalue weighted by Crippen LogP contribution is -2.33. The maximum Gasteiger partial charge on any atom is 0.213 e. The standard InChI is InChI=1S/C24H20BrClN2O3/c1-29-22-9-5-15(11-23(22)30-2)19-13-20-18-12-16(25)6-10-21(18)31-24(28(20)27-19)14-3-7-17(26)8-4-14/h3-12,20,24H,13H2,1-2H3/t20-,24+/m0/s1. The number of nitrogens with zero attached hydrogens (tertiary/aromatic N) is 2. The summed E-state index contributed by atoms with van der Waals surface area (Å²) in [5, 5.41) is 7.74. The fraction of sp³-hybridized carbons (Fsp3) is 0.208. The van der Waals surface area contributed by atoms with Crippen LogP contribution in [0.1, 0.15) is 35.4 Å². The second-order valence-corrected chi connectivity index (χ2v) is 8.77. The highest BCUT2D eigenvalue weighted by molar-refractivity contribution is 9.10. The van der Waals surface area contributed by atoms with Gasteiger partial charge in [-0.3, -0.25) is 0 Å². The van der Waals surface area contributed by atoms with E-state index in [9.17, 15) is 0 Å². The van der Waals surface area contributed by atoms with Gasteiger partial charge >= 0.3 is 0 Å². The maximum absolute atomic E-state index is 6.40. The fourth-order valence-electron chi connectivity index (χ4n) is 4.10. The molecule has 0 radical (unpaired) electrons. The molecule has 7 heteroatoms. The van der Waals surface area contributed by atoms with E-state index in [1.165, 1.54) is 0 Å². The average Bonchev–Trinajstić information content (AvgIpc) is 3.24. The number of benzene rings is 3. The van der Waals surface area contributed by atoms with Crippen LogP contribution in [0.4, 0.5) is 0 Å². The molecule has 3 aromatic rings. The number of hydrogen-bond acceptors (Lipinski definition) is 5. The number of fused-ring (bicyclic) bond motifs is 3. The zero-order chi connectivity index (χ0) is 21.5. The third-order valence-electron chi connectivity index (χ3n) is 5.62. The molecule has 0 amide bonds. The Kier molecular flexibility index (Phi) is 5.28. The van der Waals surface area contributed by atoms with Crippen molar-refractivity contribution >= 4 is 33.2 Å². The highest BCUT2D eigenvalue weighted by Gasteiger charge is 2.41. The van der Waals surface area contributed by atoms with Crippen molar-refractivity contribution in [1.29, 1.82) is 0 Å². The van der Waals surface area contributed by atoms with Gasteiger partial charge in [0.15, 0.2) is 11.5 Å². The van der Waals surface area contributed by atoms with Crippen molar-refractivity contribution in [3.05, 3.63) is 86.8 Å². The molecule has 2 heterocycles. The van der Waals surface area contributed by atoms with Gasteiger partial charge in [0.05, 0.1) is 26.0 Å². The van der Waals surface area contributed by atoms with E-state index in [4.69, 9.17) is 30.9 Å². The van der Waals surface area contributed by atoms with Gasteiger partial charge in [0, 0.05) is 32.6 Å². The summed E-state index contributed by atoms with van der Waals surface area (Å²) >= 11 is 9.70. The van der Waals surface area contributed by atoms with Gasteiger partial charge in [-0.25, -0.2) is 5.01 Å². The van der Waals surface area contributed by atoms with Crippen LogP contribution >= 0.6 is 27.5 Å². The normalized spacial score (nSPS) is 19.2. The number of rotatable bonds is 4. The van der Waals surface area contributed by atoms with Crippen LogP contribution in [0.3, 0.4) is 0 Å². The first-order valence-corrected chi connectivity index (χ1v) is 11.0. The Morgan fingerprint density at radius 2 is 1.77 bits per heavy atom. The number of halogens is 2. The number of hydrogen-bond donors (Lipinski definition) is 0. The molecule has 2 atom stereocenters. The first kappa shape index (κ1) is 20.2. The molecule has 0 aromatic heterocycles. The largest absolute Gasteiger partial charge is 0.493 e. The van der Waals surface area contributed by atoms with E-state index in [1.54, 1.807) is 14.2 Å². The molecule has 0 saturated heterocycles. The van der Waals surface area contributed by atoms with E-state index < -0.39 is 0 Å². The molecule has 0 N–H and O–H groups in total. The molecule has 2 aliphatic rings. The van der Waals surface area contributed by atoms with Crippen LogP contribution in [0.2, 0.25) is 5.02 Å². The number of ether oxygens (including phenoxy) is 3. The first-order chi connectivity index (χ1) is 15.1. The minimum Gasteiger partial charge on any atom is -0.493 e. The number of hydrazone groups is 1. The predicted octanol–water partition coefficient (Wildman–Crippen LogP) is 6.36. The Balaban J connectivity index is 1.58. The van der Waals surface area contributed by atoms with Crippen molar-refractivity contribution in [1.82, 2.24) is 5.01 Å². The second kappa shape index (κ2) is 8.09. The van der Waals surface area contributed by atoms with Gasteiger partial charge in [0.2, 0.25) is 6.23 Å². The molecule has 0 fully saturated rings. The van der Waals surface area contributed by atoms with Crippen molar-refractivity contribution in [2.75, 3.05) is 14.2 Å². The molecule has 0 saturated carbocycles. The Morgan fingerprint density at radius 3 is 2.52 bits per heavy atom. The predicted molar refractivity (Wildman–Crippen MR) is 124 cm³/mol. The molecule has 3 aromatic carbocycles. The van der Waals surface area contributed by atoms with Crippen LogP contribution in [-0.2, 0) is 0 Å². The van der Waals surface area contributed by atoms with Gasteiger partial charge in [-0.2, -0.15) is 5.10 Å². The Hall–Kier alpha value is -2.70. The molecule has 0 aliphatic carbocycles. The minimum atomic E-state index is -0.339. The molecule has 0 spiro atoms. The zero-order valence-electron chi connectivity index (χ0n) is 17.0. The van der Waals surface area contributed by atoms with Crippen LogP contribution < -0.4 is 14.2 Å². The van der Waals surface area contributed by atoms with Crippen LogP contribution in [0.5, 0.6) is 17.2 Å². The van der Waals surface area contributed by atoms with Crippen molar-refractivity contribution < 1.29 is 14.2 Å². The monoisotopic (exact) mass is 498 g/mol. The summed E-state index contributed by atoms with van der Waals surface area (Å²) in [5.74, 6) is 2.24. The third-order valence-corrected chi connectivity index (χ3v) is 6.37. The summed E-state index contributed by atoms with van der Waals surface area (Å²) in [4.78, 5) is 0. The molecule has 0 bridgehead atoms. The Morgan fingerprint density at radius 1 is 1.00 bits per heavy atom. The highest BCUT2D eigenvalue weighted by Crippen LogP contribution is 2.48. The van der Waals surface area contributed by atoms with Gasteiger partial charge in [0.1, 0.15) is 5.75 Å². The third kappa shape index (κ3) is 3.64. The molecule has 5 rings (SSSR count). The van der Waals surface area contributed by atoms with Crippen molar-refractivity contribution in [3.63, 3.8) is 0 Å². The molecule has 158 valence electrons. The smallest absolute Gasteiger partial charge is 0.213 e. The van der Waals surface area contributed by atoms with Crippen molar-refractivity contribution in [3.8, 4) is 17.2 Å². The summed E-state index contributed by atoms with van der Waals surface area (Å²) in [6.45, 7) is 0. The molecular weight excluding hydrogens is 480 g/mol. The maximum atomic E-state index is 6.40. The van der Waals surface area contributed by atoms with E-state index in [0.29, 0.717) is 16.5 Å². The van der Waals surface area contributed by atoms with Crippen LogP contribution in [-0.4, -0.2) is 24.9 Å². The quantitative estimate of drug-likeness (QED) is 0.419. The SMILES string of the molecule is COc1ccc(C2=NN3[C@@H](c4ccc(Cl)cc4)Oc4ccc(Br)cc4[C@@H]3C2)cc1OC. The molecule has 0 unspecified atom stereocenters. The highest BCUT2D eigenvalue weighted by atomic mass is 79.9. The van der Waals surface area contributed by atoms with Gasteiger partial charge in [0.25, 0.3) is 0 Å². The van der Waals surface area contributed by atoms with Gasteiger partial charge in [-0.15, -0.1) is 0 Å². The van der Waals surface area contributed by atoms with Crippen molar-refractivity contribution in [2.24, 2.45) is 5.10 Å². The lowest BCUT2D eigenvalue weighted by molar-refractivity contribution is -0.0190.